The molecule has 2 rings (SSSR count). The Morgan fingerprint density at radius 1 is 1.54 bits per heavy atom. The lowest BCUT2D eigenvalue weighted by molar-refractivity contribution is 0.307. The molecule has 0 aromatic carbocycles. The van der Waals surface area contributed by atoms with Gasteiger partial charge in [-0.1, -0.05) is 23.8 Å². The normalized spacial score (nSPS) is 29.3. The highest BCUT2D eigenvalue weighted by Gasteiger charge is 2.21. The molecule has 72 valence electrons. The SMILES string of the molecule is CN1CCC[C@H]1CC1=CC=CCC1. The van der Waals surface area contributed by atoms with Crippen molar-refractivity contribution in [3.8, 4) is 0 Å². The summed E-state index contributed by atoms with van der Waals surface area (Å²) < 4.78 is 0. The minimum atomic E-state index is 0.831. The summed E-state index contributed by atoms with van der Waals surface area (Å²) in [6.07, 6.45) is 13.4. The molecule has 1 heteroatoms. The summed E-state index contributed by atoms with van der Waals surface area (Å²) in [5, 5.41) is 0. The Morgan fingerprint density at radius 3 is 3.08 bits per heavy atom. The molecule has 1 atom stereocenters. The van der Waals surface area contributed by atoms with Gasteiger partial charge in [0.2, 0.25) is 0 Å². The molecule has 0 amide bonds. The zero-order valence-corrected chi connectivity index (χ0v) is 8.50. The third-order valence-corrected chi connectivity index (χ3v) is 3.27. The summed E-state index contributed by atoms with van der Waals surface area (Å²) in [4.78, 5) is 2.51. The smallest absolute Gasteiger partial charge is 0.0130 e. The number of hydrogen-bond donors (Lipinski definition) is 0. The fourth-order valence-corrected chi connectivity index (χ4v) is 2.36. The van der Waals surface area contributed by atoms with Crippen LogP contribution >= 0.6 is 0 Å². The second-order valence-electron chi connectivity index (χ2n) is 4.27. The molecule has 0 N–H and O–H groups in total. The van der Waals surface area contributed by atoms with Crippen LogP contribution in [0.25, 0.3) is 0 Å². The van der Waals surface area contributed by atoms with Gasteiger partial charge in [0.15, 0.2) is 0 Å². The Hall–Kier alpha value is -0.560. The Morgan fingerprint density at radius 2 is 2.46 bits per heavy atom. The van der Waals surface area contributed by atoms with Gasteiger partial charge < -0.3 is 4.90 Å². The van der Waals surface area contributed by atoms with Crippen LogP contribution in [0.15, 0.2) is 23.8 Å². The van der Waals surface area contributed by atoms with Gasteiger partial charge in [-0.3, -0.25) is 0 Å². The first-order valence-corrected chi connectivity index (χ1v) is 5.41. The maximum Gasteiger partial charge on any atom is 0.0130 e. The van der Waals surface area contributed by atoms with E-state index in [1.165, 1.54) is 38.6 Å². The molecule has 0 unspecified atom stereocenters. The van der Waals surface area contributed by atoms with Gasteiger partial charge in [-0.15, -0.1) is 0 Å². The summed E-state index contributed by atoms with van der Waals surface area (Å²) in [5.41, 5.74) is 1.65. The van der Waals surface area contributed by atoms with Crippen molar-refractivity contribution in [1.29, 1.82) is 0 Å². The van der Waals surface area contributed by atoms with E-state index in [0.717, 1.165) is 6.04 Å². The first kappa shape index (κ1) is 9.01. The molecular formula is C12H19N. The second kappa shape index (κ2) is 4.10. The average Bonchev–Trinajstić information content (AvgIpc) is 2.54. The zero-order valence-electron chi connectivity index (χ0n) is 8.50. The molecule has 0 radical (unpaired) electrons. The van der Waals surface area contributed by atoms with Crippen molar-refractivity contribution in [2.75, 3.05) is 13.6 Å². The lowest BCUT2D eigenvalue weighted by atomic mass is 9.97. The van der Waals surface area contributed by atoms with Crippen LogP contribution in [0.2, 0.25) is 0 Å². The molecular weight excluding hydrogens is 158 g/mol. The highest BCUT2D eigenvalue weighted by molar-refractivity contribution is 5.18. The van der Waals surface area contributed by atoms with Crippen molar-refractivity contribution in [2.24, 2.45) is 0 Å². The molecule has 0 aromatic rings. The molecule has 1 aliphatic heterocycles. The highest BCUT2D eigenvalue weighted by atomic mass is 15.1. The Labute approximate surface area is 81.1 Å². The quantitative estimate of drug-likeness (QED) is 0.627. The minimum Gasteiger partial charge on any atom is -0.303 e. The van der Waals surface area contributed by atoms with Crippen molar-refractivity contribution < 1.29 is 0 Å². The van der Waals surface area contributed by atoms with E-state index in [4.69, 9.17) is 0 Å². The second-order valence-corrected chi connectivity index (χ2v) is 4.27. The van der Waals surface area contributed by atoms with Gasteiger partial charge in [0, 0.05) is 6.04 Å². The van der Waals surface area contributed by atoms with Crippen molar-refractivity contribution in [3.05, 3.63) is 23.8 Å². The predicted molar refractivity (Wildman–Crippen MR) is 56.7 cm³/mol. The third kappa shape index (κ3) is 2.22. The van der Waals surface area contributed by atoms with Gasteiger partial charge in [0.05, 0.1) is 0 Å². The highest BCUT2D eigenvalue weighted by Crippen LogP contribution is 2.25. The maximum atomic E-state index is 2.51. The van der Waals surface area contributed by atoms with Crippen molar-refractivity contribution in [2.45, 2.75) is 38.1 Å². The molecule has 2 aliphatic rings. The number of rotatable bonds is 2. The van der Waals surface area contributed by atoms with Crippen LogP contribution in [0, 0.1) is 0 Å². The third-order valence-electron chi connectivity index (χ3n) is 3.27. The predicted octanol–water partition coefficient (Wildman–Crippen LogP) is 2.75. The van der Waals surface area contributed by atoms with Crippen LogP contribution in [0.4, 0.5) is 0 Å². The number of nitrogens with zero attached hydrogens (tertiary/aromatic N) is 1. The minimum absolute atomic E-state index is 0.831. The van der Waals surface area contributed by atoms with E-state index in [1.54, 1.807) is 5.57 Å². The summed E-state index contributed by atoms with van der Waals surface area (Å²) in [7, 11) is 2.26. The van der Waals surface area contributed by atoms with Gasteiger partial charge in [-0.05, 0) is 45.7 Å². The molecule has 1 heterocycles. The molecule has 0 aromatic heterocycles. The molecule has 1 nitrogen and oxygen atoms in total. The topological polar surface area (TPSA) is 3.24 Å². The van der Waals surface area contributed by atoms with Gasteiger partial charge in [-0.2, -0.15) is 0 Å². The maximum absolute atomic E-state index is 2.51. The Bertz CT molecular complexity index is 227. The van der Waals surface area contributed by atoms with E-state index in [0.29, 0.717) is 0 Å². The monoisotopic (exact) mass is 177 g/mol. The number of likely N-dealkylation sites (tertiary alicyclic amines) is 1. The Kier molecular flexibility index (Phi) is 2.84. The fourth-order valence-electron chi connectivity index (χ4n) is 2.36. The van der Waals surface area contributed by atoms with Crippen LogP contribution in [0.1, 0.15) is 32.1 Å². The van der Waals surface area contributed by atoms with Crippen LogP contribution in [-0.2, 0) is 0 Å². The van der Waals surface area contributed by atoms with Gasteiger partial charge in [0.25, 0.3) is 0 Å². The summed E-state index contributed by atoms with van der Waals surface area (Å²) >= 11 is 0. The summed E-state index contributed by atoms with van der Waals surface area (Å²) in [6.45, 7) is 1.30. The first-order chi connectivity index (χ1) is 6.36. The van der Waals surface area contributed by atoms with Crippen molar-refractivity contribution >= 4 is 0 Å². The van der Waals surface area contributed by atoms with Crippen LogP contribution < -0.4 is 0 Å². The van der Waals surface area contributed by atoms with E-state index in [1.807, 2.05) is 0 Å². The van der Waals surface area contributed by atoms with Crippen LogP contribution in [-0.4, -0.2) is 24.5 Å². The van der Waals surface area contributed by atoms with E-state index < -0.39 is 0 Å². The van der Waals surface area contributed by atoms with Gasteiger partial charge in [-0.25, -0.2) is 0 Å². The van der Waals surface area contributed by atoms with E-state index in [9.17, 15) is 0 Å². The lowest BCUT2D eigenvalue weighted by Gasteiger charge is -2.21. The van der Waals surface area contributed by atoms with Gasteiger partial charge >= 0.3 is 0 Å². The molecule has 0 saturated carbocycles. The number of allylic oxidation sites excluding steroid dienone is 3. The summed E-state index contributed by atoms with van der Waals surface area (Å²) in [6, 6.07) is 0.831. The fraction of sp³-hybridized carbons (Fsp3) is 0.667. The lowest BCUT2D eigenvalue weighted by Crippen LogP contribution is -2.25. The van der Waals surface area contributed by atoms with Gasteiger partial charge in [0.1, 0.15) is 0 Å². The molecule has 0 bridgehead atoms. The molecule has 1 fully saturated rings. The van der Waals surface area contributed by atoms with Crippen LogP contribution in [0.5, 0.6) is 0 Å². The van der Waals surface area contributed by atoms with E-state index in [-0.39, 0.29) is 0 Å². The standard InChI is InChI=1S/C12H19N/c1-13-9-5-8-12(13)10-11-6-3-2-4-7-11/h2-3,6,12H,4-5,7-10H2,1H3/t12-/m0/s1. The first-order valence-electron chi connectivity index (χ1n) is 5.41. The van der Waals surface area contributed by atoms with E-state index >= 15 is 0 Å². The molecule has 1 saturated heterocycles. The Balaban J connectivity index is 1.89. The number of hydrogen-bond acceptors (Lipinski definition) is 1. The molecule has 1 aliphatic carbocycles. The largest absolute Gasteiger partial charge is 0.303 e. The van der Waals surface area contributed by atoms with E-state index in [2.05, 4.69) is 30.2 Å². The zero-order chi connectivity index (χ0) is 9.10. The average molecular weight is 177 g/mol. The van der Waals surface area contributed by atoms with Crippen molar-refractivity contribution in [1.82, 2.24) is 4.90 Å². The van der Waals surface area contributed by atoms with Crippen molar-refractivity contribution in [3.63, 3.8) is 0 Å². The molecule has 13 heavy (non-hydrogen) atoms. The van der Waals surface area contributed by atoms with Crippen LogP contribution in [0.3, 0.4) is 0 Å². The summed E-state index contributed by atoms with van der Waals surface area (Å²) in [5.74, 6) is 0. The molecule has 0 spiro atoms.